The van der Waals surface area contributed by atoms with E-state index in [0.717, 1.165) is 16.9 Å². The largest absolute Gasteiger partial charge is 0.399 e. The van der Waals surface area contributed by atoms with Gasteiger partial charge < -0.3 is 11.1 Å². The summed E-state index contributed by atoms with van der Waals surface area (Å²) in [6.07, 6.45) is 1.74. The molecule has 1 heterocycles. The maximum Gasteiger partial charge on any atom is 0.223 e. The molecule has 0 aliphatic rings. The van der Waals surface area contributed by atoms with Crippen molar-refractivity contribution >= 4 is 11.6 Å². The average molecular weight is 214 g/mol. The second-order valence-corrected chi connectivity index (χ2v) is 3.62. The van der Waals surface area contributed by atoms with Crippen LogP contribution in [0.15, 0.2) is 36.5 Å². The summed E-state index contributed by atoms with van der Waals surface area (Å²) >= 11 is 0. The van der Waals surface area contributed by atoms with Crippen LogP contribution in [0.1, 0.15) is 11.3 Å². The van der Waals surface area contributed by atoms with E-state index in [1.165, 1.54) is 0 Å². The van der Waals surface area contributed by atoms with Gasteiger partial charge in [-0.1, -0.05) is 12.1 Å². The van der Waals surface area contributed by atoms with Crippen molar-refractivity contribution in [3.63, 3.8) is 0 Å². The summed E-state index contributed by atoms with van der Waals surface area (Å²) in [6.45, 7) is 2.64. The van der Waals surface area contributed by atoms with Gasteiger partial charge in [-0.3, -0.25) is 0 Å². The minimum Gasteiger partial charge on any atom is -0.399 e. The number of nitrogen functional groups attached to an aromatic ring is 1. The minimum atomic E-state index is 0.650. The van der Waals surface area contributed by atoms with Gasteiger partial charge in [-0.05, 0) is 30.7 Å². The Balaban J connectivity index is 1.99. The molecule has 1 aromatic heterocycles. The van der Waals surface area contributed by atoms with Gasteiger partial charge in [-0.15, -0.1) is 0 Å². The van der Waals surface area contributed by atoms with Gasteiger partial charge in [0.05, 0.1) is 0 Å². The van der Waals surface area contributed by atoms with Gasteiger partial charge in [0.1, 0.15) is 0 Å². The summed E-state index contributed by atoms with van der Waals surface area (Å²) in [5.41, 5.74) is 8.49. The van der Waals surface area contributed by atoms with E-state index in [9.17, 15) is 0 Å². The summed E-state index contributed by atoms with van der Waals surface area (Å²) < 4.78 is 0. The van der Waals surface area contributed by atoms with Crippen LogP contribution in [0.5, 0.6) is 0 Å². The van der Waals surface area contributed by atoms with Crippen LogP contribution in [-0.2, 0) is 6.54 Å². The third-order valence-electron chi connectivity index (χ3n) is 2.23. The molecule has 1 aromatic carbocycles. The van der Waals surface area contributed by atoms with Crippen molar-refractivity contribution in [2.45, 2.75) is 13.5 Å². The Labute approximate surface area is 94.5 Å². The van der Waals surface area contributed by atoms with E-state index < -0.39 is 0 Å². The van der Waals surface area contributed by atoms with E-state index in [2.05, 4.69) is 15.3 Å². The van der Waals surface area contributed by atoms with Crippen molar-refractivity contribution in [3.05, 3.63) is 47.8 Å². The minimum absolute atomic E-state index is 0.650. The molecule has 0 saturated heterocycles. The molecule has 0 unspecified atom stereocenters. The highest BCUT2D eigenvalue weighted by atomic mass is 15.1. The lowest BCUT2D eigenvalue weighted by atomic mass is 10.2. The van der Waals surface area contributed by atoms with Gasteiger partial charge in [-0.25, -0.2) is 9.97 Å². The van der Waals surface area contributed by atoms with Gasteiger partial charge >= 0.3 is 0 Å². The molecular weight excluding hydrogens is 200 g/mol. The van der Waals surface area contributed by atoms with Crippen molar-refractivity contribution < 1.29 is 0 Å². The number of aryl methyl sites for hydroxylation is 1. The highest BCUT2D eigenvalue weighted by Gasteiger charge is 1.96. The van der Waals surface area contributed by atoms with Gasteiger partial charge in [0.15, 0.2) is 0 Å². The van der Waals surface area contributed by atoms with Crippen LogP contribution >= 0.6 is 0 Å². The van der Waals surface area contributed by atoms with Crippen LogP contribution in [0, 0.1) is 6.92 Å². The number of hydrogen-bond acceptors (Lipinski definition) is 4. The third-order valence-corrected chi connectivity index (χ3v) is 2.23. The molecule has 82 valence electrons. The first-order valence-corrected chi connectivity index (χ1v) is 5.12. The molecule has 16 heavy (non-hydrogen) atoms. The smallest absolute Gasteiger partial charge is 0.223 e. The number of benzene rings is 1. The van der Waals surface area contributed by atoms with E-state index in [1.807, 2.05) is 37.3 Å². The average Bonchev–Trinajstić information content (AvgIpc) is 2.28. The van der Waals surface area contributed by atoms with Crippen LogP contribution in [0.2, 0.25) is 0 Å². The summed E-state index contributed by atoms with van der Waals surface area (Å²) in [4.78, 5) is 8.38. The second kappa shape index (κ2) is 4.61. The molecule has 0 radical (unpaired) electrons. The van der Waals surface area contributed by atoms with Crippen molar-refractivity contribution in [2.75, 3.05) is 11.1 Å². The standard InChI is InChI=1S/C12H14N4/c1-9-6-7-14-12(16-9)15-8-10-2-4-11(13)5-3-10/h2-7H,8,13H2,1H3,(H,14,15,16). The fourth-order valence-electron chi connectivity index (χ4n) is 1.35. The Kier molecular flexibility index (Phi) is 3.00. The molecule has 0 bridgehead atoms. The maximum atomic E-state index is 5.61. The van der Waals surface area contributed by atoms with E-state index in [0.29, 0.717) is 12.5 Å². The first-order chi connectivity index (χ1) is 7.74. The molecule has 2 aromatic rings. The van der Waals surface area contributed by atoms with Crippen LogP contribution in [0.25, 0.3) is 0 Å². The van der Waals surface area contributed by atoms with Crippen LogP contribution < -0.4 is 11.1 Å². The first-order valence-electron chi connectivity index (χ1n) is 5.12. The van der Waals surface area contributed by atoms with E-state index in [1.54, 1.807) is 6.20 Å². The third kappa shape index (κ3) is 2.70. The molecule has 0 amide bonds. The Morgan fingerprint density at radius 3 is 2.62 bits per heavy atom. The van der Waals surface area contributed by atoms with Crippen LogP contribution in [-0.4, -0.2) is 9.97 Å². The lowest BCUT2D eigenvalue weighted by Gasteiger charge is -2.05. The molecule has 0 spiro atoms. The molecule has 2 rings (SSSR count). The van der Waals surface area contributed by atoms with Crippen molar-refractivity contribution in [1.29, 1.82) is 0 Å². The predicted octanol–water partition coefficient (Wildman–Crippen LogP) is 1.98. The Morgan fingerprint density at radius 1 is 1.19 bits per heavy atom. The Hall–Kier alpha value is -2.10. The molecule has 4 heteroatoms. The highest BCUT2D eigenvalue weighted by molar-refractivity contribution is 5.40. The van der Waals surface area contributed by atoms with Crippen LogP contribution in [0.4, 0.5) is 11.6 Å². The maximum absolute atomic E-state index is 5.61. The molecule has 0 aliphatic carbocycles. The van der Waals surface area contributed by atoms with Gasteiger partial charge in [0.25, 0.3) is 0 Å². The zero-order valence-electron chi connectivity index (χ0n) is 9.14. The fourth-order valence-corrected chi connectivity index (χ4v) is 1.35. The fraction of sp³-hybridized carbons (Fsp3) is 0.167. The monoisotopic (exact) mass is 214 g/mol. The van der Waals surface area contributed by atoms with Gasteiger partial charge in [0.2, 0.25) is 5.95 Å². The van der Waals surface area contributed by atoms with E-state index in [4.69, 9.17) is 5.73 Å². The molecule has 4 nitrogen and oxygen atoms in total. The van der Waals surface area contributed by atoms with Crippen molar-refractivity contribution in [2.24, 2.45) is 0 Å². The summed E-state index contributed by atoms with van der Waals surface area (Å²) in [6, 6.07) is 9.60. The number of nitrogens with zero attached hydrogens (tertiary/aromatic N) is 2. The van der Waals surface area contributed by atoms with E-state index >= 15 is 0 Å². The predicted molar refractivity (Wildman–Crippen MR) is 65.0 cm³/mol. The Bertz CT molecular complexity index is 465. The second-order valence-electron chi connectivity index (χ2n) is 3.62. The molecule has 0 aliphatic heterocycles. The Morgan fingerprint density at radius 2 is 1.94 bits per heavy atom. The lowest BCUT2D eigenvalue weighted by Crippen LogP contribution is -2.03. The number of anilines is 2. The molecule has 0 fully saturated rings. The molecular formula is C12H14N4. The summed E-state index contributed by atoms with van der Waals surface area (Å²) in [5, 5.41) is 3.16. The molecule has 3 N–H and O–H groups in total. The quantitative estimate of drug-likeness (QED) is 0.767. The van der Waals surface area contributed by atoms with Gasteiger partial charge in [-0.2, -0.15) is 0 Å². The number of nitrogens with two attached hydrogens (primary N) is 1. The van der Waals surface area contributed by atoms with Gasteiger partial charge in [0, 0.05) is 24.1 Å². The summed E-state index contributed by atoms with van der Waals surface area (Å²) in [7, 11) is 0. The van der Waals surface area contributed by atoms with Crippen molar-refractivity contribution in [1.82, 2.24) is 9.97 Å². The van der Waals surface area contributed by atoms with Crippen LogP contribution in [0.3, 0.4) is 0 Å². The van der Waals surface area contributed by atoms with Crippen molar-refractivity contribution in [3.8, 4) is 0 Å². The zero-order chi connectivity index (χ0) is 11.4. The highest BCUT2D eigenvalue weighted by Crippen LogP contribution is 2.07. The molecule has 0 atom stereocenters. The van der Waals surface area contributed by atoms with E-state index in [-0.39, 0.29) is 0 Å². The topological polar surface area (TPSA) is 63.8 Å². The number of rotatable bonds is 3. The first kappa shape index (κ1) is 10.4. The normalized spacial score (nSPS) is 10.1. The SMILES string of the molecule is Cc1ccnc(NCc2ccc(N)cc2)n1. The number of aromatic nitrogens is 2. The number of nitrogens with one attached hydrogen (secondary N) is 1. The molecule has 0 saturated carbocycles. The lowest BCUT2D eigenvalue weighted by molar-refractivity contribution is 1.03. The zero-order valence-corrected chi connectivity index (χ0v) is 9.14. The summed E-state index contributed by atoms with van der Waals surface area (Å²) in [5.74, 6) is 0.650. The number of hydrogen-bond donors (Lipinski definition) is 2.